The van der Waals surface area contributed by atoms with Gasteiger partial charge in [-0.1, -0.05) is 41.4 Å². The average Bonchev–Trinajstić information content (AvgIpc) is 2.54. The number of ether oxygens (including phenoxy) is 1. The number of carbonyl (C=O) groups is 2. The second-order valence-electron chi connectivity index (χ2n) is 4.91. The fourth-order valence-corrected chi connectivity index (χ4v) is 1.88. The number of amides is 1. The van der Waals surface area contributed by atoms with Crippen LogP contribution in [0.3, 0.4) is 0 Å². The van der Waals surface area contributed by atoms with Gasteiger partial charge in [0.15, 0.2) is 6.61 Å². The van der Waals surface area contributed by atoms with Crippen LogP contribution in [-0.4, -0.2) is 18.5 Å². The lowest BCUT2D eigenvalue weighted by atomic mass is 10.2. The third-order valence-corrected chi connectivity index (χ3v) is 3.21. The molecular formula is C18H16ClNO3. The topological polar surface area (TPSA) is 55.4 Å². The molecule has 1 N–H and O–H groups in total. The van der Waals surface area contributed by atoms with Crippen LogP contribution in [0.2, 0.25) is 5.02 Å². The summed E-state index contributed by atoms with van der Waals surface area (Å²) in [4.78, 5) is 23.3. The third kappa shape index (κ3) is 5.96. The van der Waals surface area contributed by atoms with Crippen LogP contribution >= 0.6 is 11.6 Å². The predicted octanol–water partition coefficient (Wildman–Crippen LogP) is 3.84. The van der Waals surface area contributed by atoms with Crippen molar-refractivity contribution in [3.63, 3.8) is 0 Å². The molecule has 0 aliphatic carbocycles. The van der Waals surface area contributed by atoms with Gasteiger partial charge in [-0.05, 0) is 42.8 Å². The standard InChI is InChI=1S/C18H16ClNO3/c1-13-2-9-16(10-3-13)20-17(21)12-23-18(22)11-6-14-4-7-15(19)8-5-14/h2-11H,12H2,1H3,(H,20,21)/b11-6+. The highest BCUT2D eigenvalue weighted by Gasteiger charge is 2.05. The van der Waals surface area contributed by atoms with E-state index in [1.807, 2.05) is 19.1 Å². The Hall–Kier alpha value is -2.59. The van der Waals surface area contributed by atoms with E-state index < -0.39 is 5.97 Å². The van der Waals surface area contributed by atoms with Crippen molar-refractivity contribution in [2.75, 3.05) is 11.9 Å². The van der Waals surface area contributed by atoms with Gasteiger partial charge in [0.1, 0.15) is 0 Å². The van der Waals surface area contributed by atoms with Crippen molar-refractivity contribution in [3.8, 4) is 0 Å². The molecule has 118 valence electrons. The van der Waals surface area contributed by atoms with Crippen LogP contribution in [0.1, 0.15) is 11.1 Å². The zero-order valence-electron chi connectivity index (χ0n) is 12.6. The fraction of sp³-hybridized carbons (Fsp3) is 0.111. The summed E-state index contributed by atoms with van der Waals surface area (Å²) in [6.45, 7) is 1.62. The normalized spacial score (nSPS) is 10.5. The Bertz CT molecular complexity index is 706. The van der Waals surface area contributed by atoms with Crippen molar-refractivity contribution in [2.24, 2.45) is 0 Å². The average molecular weight is 330 g/mol. The van der Waals surface area contributed by atoms with Crippen molar-refractivity contribution in [2.45, 2.75) is 6.92 Å². The molecule has 0 saturated carbocycles. The number of hydrogen-bond acceptors (Lipinski definition) is 3. The van der Waals surface area contributed by atoms with E-state index in [9.17, 15) is 9.59 Å². The van der Waals surface area contributed by atoms with Crippen LogP contribution in [0.4, 0.5) is 5.69 Å². The summed E-state index contributed by atoms with van der Waals surface area (Å²) in [5.74, 6) is -0.971. The fourth-order valence-electron chi connectivity index (χ4n) is 1.76. The number of anilines is 1. The maximum atomic E-state index is 11.7. The van der Waals surface area contributed by atoms with Crippen LogP contribution in [0.25, 0.3) is 6.08 Å². The van der Waals surface area contributed by atoms with E-state index in [4.69, 9.17) is 16.3 Å². The maximum absolute atomic E-state index is 11.7. The Morgan fingerprint density at radius 2 is 1.74 bits per heavy atom. The van der Waals surface area contributed by atoms with E-state index in [1.165, 1.54) is 6.08 Å². The van der Waals surface area contributed by atoms with Crippen LogP contribution in [0.15, 0.2) is 54.6 Å². The van der Waals surface area contributed by atoms with Gasteiger partial charge in [-0.15, -0.1) is 0 Å². The number of rotatable bonds is 5. The van der Waals surface area contributed by atoms with E-state index in [1.54, 1.807) is 42.5 Å². The predicted molar refractivity (Wildman–Crippen MR) is 91.3 cm³/mol. The first-order valence-electron chi connectivity index (χ1n) is 7.00. The molecule has 0 spiro atoms. The molecule has 2 aromatic rings. The first-order valence-corrected chi connectivity index (χ1v) is 7.37. The number of aryl methyl sites for hydroxylation is 1. The van der Waals surface area contributed by atoms with Gasteiger partial charge in [-0.3, -0.25) is 4.79 Å². The molecule has 0 fully saturated rings. The lowest BCUT2D eigenvalue weighted by Crippen LogP contribution is -2.20. The molecular weight excluding hydrogens is 314 g/mol. The molecule has 0 aliphatic rings. The molecule has 5 heteroatoms. The van der Waals surface area contributed by atoms with Crippen molar-refractivity contribution in [3.05, 3.63) is 70.8 Å². The van der Waals surface area contributed by atoms with Crippen LogP contribution in [0, 0.1) is 6.92 Å². The maximum Gasteiger partial charge on any atom is 0.331 e. The van der Waals surface area contributed by atoms with Crippen LogP contribution in [-0.2, 0) is 14.3 Å². The number of hydrogen-bond donors (Lipinski definition) is 1. The van der Waals surface area contributed by atoms with Crippen LogP contribution < -0.4 is 5.32 Å². The van der Waals surface area contributed by atoms with Gasteiger partial charge in [-0.25, -0.2) is 4.79 Å². The van der Waals surface area contributed by atoms with Crippen molar-refractivity contribution in [1.29, 1.82) is 0 Å². The third-order valence-electron chi connectivity index (χ3n) is 2.96. The van der Waals surface area contributed by atoms with E-state index in [2.05, 4.69) is 5.32 Å². The minimum absolute atomic E-state index is 0.336. The number of carbonyl (C=O) groups excluding carboxylic acids is 2. The highest BCUT2D eigenvalue weighted by Crippen LogP contribution is 2.11. The first-order chi connectivity index (χ1) is 11.0. The zero-order valence-corrected chi connectivity index (χ0v) is 13.3. The Morgan fingerprint density at radius 3 is 2.39 bits per heavy atom. The largest absolute Gasteiger partial charge is 0.452 e. The summed E-state index contributed by atoms with van der Waals surface area (Å²) in [5.41, 5.74) is 2.57. The van der Waals surface area contributed by atoms with Crippen molar-refractivity contribution >= 4 is 35.2 Å². The van der Waals surface area contributed by atoms with Gasteiger partial charge >= 0.3 is 5.97 Å². The molecule has 0 unspecified atom stereocenters. The smallest absolute Gasteiger partial charge is 0.331 e. The highest BCUT2D eigenvalue weighted by molar-refractivity contribution is 6.30. The molecule has 23 heavy (non-hydrogen) atoms. The number of halogens is 1. The molecule has 2 rings (SSSR count). The summed E-state index contributed by atoms with van der Waals surface area (Å²) in [6, 6.07) is 14.3. The van der Waals surface area contributed by atoms with Gasteiger partial charge in [0.2, 0.25) is 0 Å². The molecule has 0 aromatic heterocycles. The summed E-state index contributed by atoms with van der Waals surface area (Å²) < 4.78 is 4.88. The van der Waals surface area contributed by atoms with Crippen molar-refractivity contribution < 1.29 is 14.3 Å². The highest BCUT2D eigenvalue weighted by atomic mass is 35.5. The second-order valence-corrected chi connectivity index (χ2v) is 5.34. The lowest BCUT2D eigenvalue weighted by Gasteiger charge is -2.05. The molecule has 0 radical (unpaired) electrons. The van der Waals surface area contributed by atoms with Gasteiger partial charge in [-0.2, -0.15) is 0 Å². The minimum Gasteiger partial charge on any atom is -0.452 e. The molecule has 0 atom stereocenters. The Labute approximate surface area is 139 Å². The van der Waals surface area contributed by atoms with E-state index in [0.29, 0.717) is 10.7 Å². The molecule has 0 saturated heterocycles. The lowest BCUT2D eigenvalue weighted by molar-refractivity contribution is -0.142. The van der Waals surface area contributed by atoms with E-state index in [0.717, 1.165) is 11.1 Å². The number of nitrogens with one attached hydrogen (secondary N) is 1. The summed E-state index contributed by atoms with van der Waals surface area (Å²) in [5, 5.41) is 3.27. The Balaban J connectivity index is 1.78. The minimum atomic E-state index is -0.584. The number of esters is 1. The SMILES string of the molecule is Cc1ccc(NC(=O)COC(=O)/C=C/c2ccc(Cl)cc2)cc1. The second kappa shape index (κ2) is 8.15. The first kappa shape index (κ1) is 16.8. The van der Waals surface area contributed by atoms with E-state index in [-0.39, 0.29) is 12.5 Å². The Kier molecular flexibility index (Phi) is 5.94. The molecule has 1 amide bonds. The quantitative estimate of drug-likeness (QED) is 0.669. The molecule has 2 aromatic carbocycles. The van der Waals surface area contributed by atoms with Gasteiger partial charge in [0.25, 0.3) is 5.91 Å². The molecule has 0 heterocycles. The van der Waals surface area contributed by atoms with Crippen molar-refractivity contribution in [1.82, 2.24) is 0 Å². The van der Waals surface area contributed by atoms with Gasteiger partial charge in [0.05, 0.1) is 0 Å². The number of benzene rings is 2. The monoisotopic (exact) mass is 329 g/mol. The van der Waals surface area contributed by atoms with E-state index >= 15 is 0 Å². The van der Waals surface area contributed by atoms with Gasteiger partial charge in [0, 0.05) is 16.8 Å². The summed E-state index contributed by atoms with van der Waals surface area (Å²) >= 11 is 5.77. The Morgan fingerprint density at radius 1 is 1.09 bits per heavy atom. The summed E-state index contributed by atoms with van der Waals surface area (Å²) in [7, 11) is 0. The zero-order chi connectivity index (χ0) is 16.7. The summed E-state index contributed by atoms with van der Waals surface area (Å²) in [6.07, 6.45) is 2.86. The molecule has 0 bridgehead atoms. The molecule has 0 aliphatic heterocycles. The van der Waals surface area contributed by atoms with Crippen LogP contribution in [0.5, 0.6) is 0 Å². The molecule has 4 nitrogen and oxygen atoms in total. The van der Waals surface area contributed by atoms with Gasteiger partial charge < -0.3 is 10.1 Å².